The van der Waals surface area contributed by atoms with Crippen molar-refractivity contribution in [3.63, 3.8) is 0 Å². The molecule has 0 radical (unpaired) electrons. The molecule has 7 heteroatoms. The highest BCUT2D eigenvalue weighted by atomic mass is 16.5. The number of methoxy groups -OCH3 is 1. The van der Waals surface area contributed by atoms with Crippen molar-refractivity contribution in [3.8, 4) is 5.75 Å². The predicted molar refractivity (Wildman–Crippen MR) is 111 cm³/mol. The highest BCUT2D eigenvalue weighted by molar-refractivity contribution is 6.46. The summed E-state index contributed by atoms with van der Waals surface area (Å²) in [7, 11) is 1.55. The Morgan fingerprint density at radius 3 is 2.30 bits per heavy atom. The van der Waals surface area contributed by atoms with E-state index in [1.165, 1.54) is 4.90 Å². The number of carbonyl (C=O) groups excluding carboxylic acids is 2. The number of likely N-dealkylation sites (tertiary alicyclic amines) is 1. The monoisotopic (exact) mass is 411 g/mol. The first kappa shape index (κ1) is 21.5. The number of aliphatic hydroxyl groups excluding tert-OH is 2. The summed E-state index contributed by atoms with van der Waals surface area (Å²) in [6.07, 6.45) is 0. The van der Waals surface area contributed by atoms with Gasteiger partial charge in [0.25, 0.3) is 11.7 Å². The molecule has 1 saturated heterocycles. The molecule has 3 rings (SSSR count). The van der Waals surface area contributed by atoms with Crippen LogP contribution < -0.4 is 4.74 Å². The van der Waals surface area contributed by atoms with Crippen LogP contribution in [0.25, 0.3) is 5.76 Å². The summed E-state index contributed by atoms with van der Waals surface area (Å²) >= 11 is 0. The average Bonchev–Trinajstić information content (AvgIpc) is 3.01. The van der Waals surface area contributed by atoms with Crippen LogP contribution in [-0.2, 0) is 14.3 Å². The lowest BCUT2D eigenvalue weighted by atomic mass is 9.95. The summed E-state index contributed by atoms with van der Waals surface area (Å²) in [6.45, 7) is 2.23. The number of Topliss-reactive ketones (excluding diaryl/α,β-unsaturated/α-hetero) is 1. The maximum Gasteiger partial charge on any atom is 0.295 e. The molecule has 0 spiro atoms. The van der Waals surface area contributed by atoms with Gasteiger partial charge in [0.2, 0.25) is 0 Å². The molecular weight excluding hydrogens is 386 g/mol. The Morgan fingerprint density at radius 2 is 1.70 bits per heavy atom. The molecule has 158 valence electrons. The minimum absolute atomic E-state index is 0.0381. The molecule has 0 aromatic heterocycles. The number of benzene rings is 2. The third-order valence-electron chi connectivity index (χ3n) is 5.01. The van der Waals surface area contributed by atoms with E-state index < -0.39 is 17.7 Å². The van der Waals surface area contributed by atoms with Crippen LogP contribution in [0.2, 0.25) is 0 Å². The molecule has 1 amide bonds. The van der Waals surface area contributed by atoms with Crippen LogP contribution in [0.5, 0.6) is 5.75 Å². The number of ether oxygens (including phenoxy) is 2. The summed E-state index contributed by atoms with van der Waals surface area (Å²) in [5.41, 5.74) is 2.19. The smallest absolute Gasteiger partial charge is 0.295 e. The highest BCUT2D eigenvalue weighted by Gasteiger charge is 2.45. The molecular formula is C23H25NO6. The molecule has 1 unspecified atom stereocenters. The first-order valence-corrected chi connectivity index (χ1v) is 9.66. The molecule has 0 aliphatic carbocycles. The first-order chi connectivity index (χ1) is 14.5. The van der Waals surface area contributed by atoms with E-state index in [0.717, 1.165) is 5.56 Å². The van der Waals surface area contributed by atoms with Gasteiger partial charge in [-0.1, -0.05) is 42.0 Å². The first-order valence-electron chi connectivity index (χ1n) is 9.66. The highest BCUT2D eigenvalue weighted by Crippen LogP contribution is 2.39. The molecule has 1 aliphatic rings. The molecule has 2 aromatic carbocycles. The number of aryl methyl sites for hydroxylation is 1. The Hall–Kier alpha value is -3.16. The number of aliphatic hydroxyl groups is 2. The fourth-order valence-corrected chi connectivity index (χ4v) is 3.44. The van der Waals surface area contributed by atoms with Gasteiger partial charge in [0.15, 0.2) is 0 Å². The van der Waals surface area contributed by atoms with Crippen molar-refractivity contribution in [2.24, 2.45) is 0 Å². The molecule has 7 nitrogen and oxygen atoms in total. The number of nitrogens with zero attached hydrogens (tertiary/aromatic N) is 1. The molecule has 0 bridgehead atoms. The van der Waals surface area contributed by atoms with Gasteiger partial charge < -0.3 is 24.6 Å². The fraction of sp³-hybridized carbons (Fsp3) is 0.304. The molecule has 2 aromatic rings. The second-order valence-corrected chi connectivity index (χ2v) is 6.97. The van der Waals surface area contributed by atoms with Crippen LogP contribution in [0.1, 0.15) is 22.7 Å². The van der Waals surface area contributed by atoms with Gasteiger partial charge in [-0.05, 0) is 24.6 Å². The van der Waals surface area contributed by atoms with Crippen molar-refractivity contribution in [1.29, 1.82) is 0 Å². The van der Waals surface area contributed by atoms with Gasteiger partial charge >= 0.3 is 0 Å². The van der Waals surface area contributed by atoms with E-state index in [9.17, 15) is 14.7 Å². The van der Waals surface area contributed by atoms with Gasteiger partial charge in [-0.3, -0.25) is 9.59 Å². The van der Waals surface area contributed by atoms with Crippen LogP contribution in [0.4, 0.5) is 0 Å². The van der Waals surface area contributed by atoms with E-state index in [4.69, 9.17) is 14.6 Å². The third kappa shape index (κ3) is 4.37. The average molecular weight is 411 g/mol. The van der Waals surface area contributed by atoms with E-state index >= 15 is 0 Å². The summed E-state index contributed by atoms with van der Waals surface area (Å²) in [5, 5.41) is 19.8. The number of ketones is 1. The van der Waals surface area contributed by atoms with Gasteiger partial charge in [0.05, 0.1) is 38.5 Å². The molecule has 2 N–H and O–H groups in total. The number of amides is 1. The second kappa shape index (κ2) is 9.56. The lowest BCUT2D eigenvalue weighted by Gasteiger charge is -2.25. The zero-order valence-electron chi connectivity index (χ0n) is 17.0. The molecule has 1 fully saturated rings. The summed E-state index contributed by atoms with van der Waals surface area (Å²) in [5.74, 6) is -1.01. The fourth-order valence-electron chi connectivity index (χ4n) is 3.44. The minimum atomic E-state index is -0.755. The summed E-state index contributed by atoms with van der Waals surface area (Å²) in [6, 6.07) is 13.3. The topological polar surface area (TPSA) is 96.3 Å². The largest absolute Gasteiger partial charge is 0.507 e. The van der Waals surface area contributed by atoms with Gasteiger partial charge in [-0.2, -0.15) is 0 Å². The van der Waals surface area contributed by atoms with Gasteiger partial charge in [-0.25, -0.2) is 0 Å². The van der Waals surface area contributed by atoms with Crippen LogP contribution >= 0.6 is 0 Å². The van der Waals surface area contributed by atoms with Crippen molar-refractivity contribution in [2.75, 3.05) is 33.5 Å². The Kier molecular flexibility index (Phi) is 6.87. The van der Waals surface area contributed by atoms with Crippen molar-refractivity contribution in [3.05, 3.63) is 70.8 Å². The molecule has 1 atom stereocenters. The van der Waals surface area contributed by atoms with Crippen LogP contribution in [0, 0.1) is 6.92 Å². The number of hydrogen-bond donors (Lipinski definition) is 2. The molecule has 0 saturated carbocycles. The quantitative estimate of drug-likeness (QED) is 0.300. The van der Waals surface area contributed by atoms with Crippen molar-refractivity contribution < 1.29 is 29.3 Å². The van der Waals surface area contributed by atoms with Crippen molar-refractivity contribution in [2.45, 2.75) is 13.0 Å². The maximum atomic E-state index is 12.9. The Bertz CT molecular complexity index is 933. The zero-order chi connectivity index (χ0) is 21.7. The van der Waals surface area contributed by atoms with E-state index in [1.807, 2.05) is 19.1 Å². The van der Waals surface area contributed by atoms with Crippen LogP contribution in [-0.4, -0.2) is 60.3 Å². The van der Waals surface area contributed by atoms with Gasteiger partial charge in [0.1, 0.15) is 11.5 Å². The van der Waals surface area contributed by atoms with E-state index in [0.29, 0.717) is 16.9 Å². The zero-order valence-corrected chi connectivity index (χ0v) is 17.0. The van der Waals surface area contributed by atoms with E-state index in [2.05, 4.69) is 0 Å². The van der Waals surface area contributed by atoms with Gasteiger partial charge in [0, 0.05) is 12.1 Å². The number of hydrogen-bond acceptors (Lipinski definition) is 6. The minimum Gasteiger partial charge on any atom is -0.507 e. The molecule has 1 aliphatic heterocycles. The Morgan fingerprint density at radius 1 is 1.03 bits per heavy atom. The van der Waals surface area contributed by atoms with Crippen molar-refractivity contribution in [1.82, 2.24) is 4.90 Å². The number of carbonyl (C=O) groups is 2. The van der Waals surface area contributed by atoms with Gasteiger partial charge in [-0.15, -0.1) is 0 Å². The van der Waals surface area contributed by atoms with E-state index in [1.54, 1.807) is 43.5 Å². The predicted octanol–water partition coefficient (Wildman–Crippen LogP) is 2.43. The SMILES string of the molecule is COc1ccc(C2/C(=C(\O)c3ccc(C)cc3)C(=O)C(=O)N2CCOCCO)cc1. The lowest BCUT2D eigenvalue weighted by Crippen LogP contribution is -2.33. The summed E-state index contributed by atoms with van der Waals surface area (Å²) in [4.78, 5) is 27.0. The van der Waals surface area contributed by atoms with Crippen LogP contribution in [0.3, 0.4) is 0 Å². The summed E-state index contributed by atoms with van der Waals surface area (Å²) < 4.78 is 10.5. The Balaban J connectivity index is 2.05. The number of rotatable bonds is 8. The maximum absolute atomic E-state index is 12.9. The van der Waals surface area contributed by atoms with Crippen LogP contribution in [0.15, 0.2) is 54.1 Å². The molecule has 1 heterocycles. The van der Waals surface area contributed by atoms with Crippen molar-refractivity contribution >= 4 is 17.4 Å². The normalized spacial score (nSPS) is 18.1. The van der Waals surface area contributed by atoms with E-state index in [-0.39, 0.29) is 37.7 Å². The second-order valence-electron chi connectivity index (χ2n) is 6.97. The molecule has 30 heavy (non-hydrogen) atoms. The third-order valence-corrected chi connectivity index (χ3v) is 5.01. The Labute approximate surface area is 175 Å². The lowest BCUT2D eigenvalue weighted by molar-refractivity contribution is -0.140. The standard InChI is InChI=1S/C23H25NO6/c1-15-3-5-17(6-4-15)21(26)19-20(16-7-9-18(29-2)10-8-16)24(23(28)22(19)27)11-13-30-14-12-25/h3-10,20,25-26H,11-14H2,1-2H3/b21-19+.